The van der Waals surface area contributed by atoms with Gasteiger partial charge in [-0.2, -0.15) is 0 Å². The second-order valence-corrected chi connectivity index (χ2v) is 9.25. The van der Waals surface area contributed by atoms with Crippen LogP contribution in [0.1, 0.15) is 97.3 Å². The molecule has 0 heterocycles. The molecule has 0 rings (SSSR count). The molecule has 192 valence electrons. The standard InChI is InChI=1S/C13H28NO7P.C10H20/c1-2-3-4-5-6-7-13(17)14-8-9-20-22(18,19)21-11-12(16)10-15;1-3-5-7-9-10-8-6-4-2/h12,15-16H,2-11H2,1H3,(H,14,17)(H,18,19);3H,1,4-10H2,2H3. The second kappa shape index (κ2) is 24.9. The van der Waals surface area contributed by atoms with Crippen LogP contribution < -0.4 is 5.32 Å². The van der Waals surface area contributed by atoms with E-state index in [-0.39, 0.29) is 19.1 Å². The van der Waals surface area contributed by atoms with Crippen molar-refractivity contribution in [2.24, 2.45) is 0 Å². The van der Waals surface area contributed by atoms with Gasteiger partial charge in [0.15, 0.2) is 0 Å². The normalized spacial score (nSPS) is 13.5. The molecule has 8 nitrogen and oxygen atoms in total. The lowest BCUT2D eigenvalue weighted by Crippen LogP contribution is -2.27. The Morgan fingerprint density at radius 2 is 1.56 bits per heavy atom. The number of hydrogen-bond acceptors (Lipinski definition) is 6. The quantitative estimate of drug-likeness (QED) is 0.105. The largest absolute Gasteiger partial charge is 0.472 e. The minimum Gasteiger partial charge on any atom is -0.394 e. The maximum absolute atomic E-state index is 11.5. The molecule has 0 aromatic rings. The first-order valence-electron chi connectivity index (χ1n) is 12.1. The number of amides is 1. The third-order valence-corrected chi connectivity index (χ3v) is 5.57. The molecule has 2 unspecified atom stereocenters. The number of unbranched alkanes of at least 4 members (excludes halogenated alkanes) is 10. The van der Waals surface area contributed by atoms with Crippen molar-refractivity contribution in [2.75, 3.05) is 26.4 Å². The molecule has 0 aliphatic heterocycles. The molecule has 0 aliphatic rings. The zero-order valence-corrected chi connectivity index (χ0v) is 21.2. The number of hydrogen-bond donors (Lipinski definition) is 4. The van der Waals surface area contributed by atoms with E-state index in [4.69, 9.17) is 10.2 Å². The van der Waals surface area contributed by atoms with E-state index in [9.17, 15) is 14.3 Å². The predicted molar refractivity (Wildman–Crippen MR) is 129 cm³/mol. The number of phosphoric ester groups is 1. The van der Waals surface area contributed by atoms with Gasteiger partial charge in [0.2, 0.25) is 5.91 Å². The summed E-state index contributed by atoms with van der Waals surface area (Å²) in [5.74, 6) is -0.121. The van der Waals surface area contributed by atoms with Gasteiger partial charge in [0.1, 0.15) is 6.10 Å². The molecule has 0 radical (unpaired) electrons. The Morgan fingerprint density at radius 1 is 1.00 bits per heavy atom. The molecule has 0 saturated carbocycles. The van der Waals surface area contributed by atoms with Crippen LogP contribution >= 0.6 is 7.82 Å². The summed E-state index contributed by atoms with van der Waals surface area (Å²) < 4.78 is 20.4. The Hall–Kier alpha value is -0.760. The molecule has 1 amide bonds. The van der Waals surface area contributed by atoms with Crippen LogP contribution in [-0.4, -0.2) is 53.5 Å². The molecule has 9 heteroatoms. The fraction of sp³-hybridized carbons (Fsp3) is 0.870. The second-order valence-electron chi connectivity index (χ2n) is 7.79. The van der Waals surface area contributed by atoms with Crippen LogP contribution in [0.15, 0.2) is 12.7 Å². The minimum absolute atomic E-state index is 0.101. The van der Waals surface area contributed by atoms with Crippen LogP contribution in [0.3, 0.4) is 0 Å². The van der Waals surface area contributed by atoms with E-state index < -0.39 is 27.1 Å². The number of carbonyl (C=O) groups is 1. The lowest BCUT2D eigenvalue weighted by molar-refractivity contribution is -0.121. The molecular weight excluding hydrogens is 433 g/mol. The SMILES string of the molecule is C=CCCCCCCCC.CCCCCCCC(=O)NCCOP(=O)(O)OCC(O)CO. The van der Waals surface area contributed by atoms with Crippen molar-refractivity contribution in [1.82, 2.24) is 5.32 Å². The summed E-state index contributed by atoms with van der Waals surface area (Å²) in [7, 11) is -4.28. The van der Waals surface area contributed by atoms with Gasteiger partial charge in [-0.3, -0.25) is 13.8 Å². The van der Waals surface area contributed by atoms with Crippen molar-refractivity contribution in [3.63, 3.8) is 0 Å². The number of nitrogens with one attached hydrogen (secondary N) is 1. The molecule has 0 aromatic heterocycles. The molecule has 0 saturated heterocycles. The van der Waals surface area contributed by atoms with E-state index in [1.807, 2.05) is 6.08 Å². The number of allylic oxidation sites excluding steroid dienone is 1. The van der Waals surface area contributed by atoms with Gasteiger partial charge in [-0.15, -0.1) is 6.58 Å². The number of phosphoric acid groups is 1. The lowest BCUT2D eigenvalue weighted by atomic mass is 10.1. The fourth-order valence-corrected chi connectivity index (χ4v) is 3.43. The molecule has 0 aliphatic carbocycles. The van der Waals surface area contributed by atoms with Gasteiger partial charge in [-0.05, 0) is 19.3 Å². The Balaban J connectivity index is 0. The third-order valence-electron chi connectivity index (χ3n) is 4.59. The van der Waals surface area contributed by atoms with Crippen molar-refractivity contribution in [2.45, 2.75) is 103 Å². The number of rotatable bonds is 21. The van der Waals surface area contributed by atoms with E-state index in [0.717, 1.165) is 25.7 Å². The fourth-order valence-electron chi connectivity index (χ4n) is 2.67. The zero-order valence-electron chi connectivity index (χ0n) is 20.3. The van der Waals surface area contributed by atoms with Crippen LogP contribution in [0.4, 0.5) is 0 Å². The van der Waals surface area contributed by atoms with Crippen LogP contribution in [0.25, 0.3) is 0 Å². The maximum atomic E-state index is 11.5. The van der Waals surface area contributed by atoms with E-state index in [1.165, 1.54) is 51.4 Å². The first-order valence-corrected chi connectivity index (χ1v) is 13.6. The Bertz CT molecular complexity index is 477. The number of aliphatic hydroxyl groups excluding tert-OH is 2. The summed E-state index contributed by atoms with van der Waals surface area (Å²) in [6.07, 6.45) is 16.0. The molecule has 0 spiro atoms. The van der Waals surface area contributed by atoms with Crippen molar-refractivity contribution in [3.8, 4) is 0 Å². The predicted octanol–water partition coefficient (Wildman–Crippen LogP) is 4.87. The van der Waals surface area contributed by atoms with Crippen molar-refractivity contribution < 1.29 is 33.5 Å². The average molecular weight is 482 g/mol. The summed E-state index contributed by atoms with van der Waals surface area (Å²) >= 11 is 0. The summed E-state index contributed by atoms with van der Waals surface area (Å²) in [5.41, 5.74) is 0. The molecule has 4 N–H and O–H groups in total. The highest BCUT2D eigenvalue weighted by atomic mass is 31.2. The van der Waals surface area contributed by atoms with Gasteiger partial charge in [-0.1, -0.05) is 77.7 Å². The van der Waals surface area contributed by atoms with E-state index in [1.54, 1.807) is 0 Å². The van der Waals surface area contributed by atoms with E-state index >= 15 is 0 Å². The Morgan fingerprint density at radius 3 is 2.12 bits per heavy atom. The van der Waals surface area contributed by atoms with Gasteiger partial charge in [0.05, 0.1) is 19.8 Å². The minimum atomic E-state index is -4.28. The first-order chi connectivity index (χ1) is 15.3. The Labute approximate surface area is 195 Å². The van der Waals surface area contributed by atoms with E-state index in [0.29, 0.717) is 6.42 Å². The van der Waals surface area contributed by atoms with Crippen LogP contribution in [-0.2, 0) is 18.4 Å². The third kappa shape index (κ3) is 27.3. The average Bonchev–Trinajstić information content (AvgIpc) is 2.78. The molecule has 0 bridgehead atoms. The zero-order chi connectivity index (χ0) is 24.5. The van der Waals surface area contributed by atoms with Crippen molar-refractivity contribution in [3.05, 3.63) is 12.7 Å². The maximum Gasteiger partial charge on any atom is 0.472 e. The summed E-state index contributed by atoms with van der Waals surface area (Å²) in [6, 6.07) is 0. The van der Waals surface area contributed by atoms with Crippen LogP contribution in [0, 0.1) is 0 Å². The number of aliphatic hydroxyl groups is 2. The summed E-state index contributed by atoms with van der Waals surface area (Å²) in [4.78, 5) is 20.7. The van der Waals surface area contributed by atoms with Gasteiger partial charge >= 0.3 is 7.82 Å². The van der Waals surface area contributed by atoms with Gasteiger partial charge in [-0.25, -0.2) is 4.57 Å². The van der Waals surface area contributed by atoms with Crippen molar-refractivity contribution in [1.29, 1.82) is 0 Å². The van der Waals surface area contributed by atoms with Gasteiger partial charge < -0.3 is 20.4 Å². The molecule has 2 atom stereocenters. The van der Waals surface area contributed by atoms with Crippen LogP contribution in [0.5, 0.6) is 0 Å². The summed E-state index contributed by atoms with van der Waals surface area (Å²) in [5, 5.41) is 20.1. The first kappa shape index (κ1) is 33.4. The molecule has 0 fully saturated rings. The molecular formula is C23H48NO7P. The van der Waals surface area contributed by atoms with Gasteiger partial charge in [0.25, 0.3) is 0 Å². The summed E-state index contributed by atoms with van der Waals surface area (Å²) in [6.45, 7) is 6.92. The van der Waals surface area contributed by atoms with Crippen LogP contribution in [0.2, 0.25) is 0 Å². The monoisotopic (exact) mass is 481 g/mol. The number of carbonyl (C=O) groups excluding carboxylic acids is 1. The molecule has 0 aromatic carbocycles. The van der Waals surface area contributed by atoms with Gasteiger partial charge in [0, 0.05) is 13.0 Å². The topological polar surface area (TPSA) is 125 Å². The highest BCUT2D eigenvalue weighted by molar-refractivity contribution is 7.47. The van der Waals surface area contributed by atoms with E-state index in [2.05, 4.69) is 34.8 Å². The highest BCUT2D eigenvalue weighted by Gasteiger charge is 2.22. The van der Waals surface area contributed by atoms with Crippen molar-refractivity contribution >= 4 is 13.7 Å². The highest BCUT2D eigenvalue weighted by Crippen LogP contribution is 2.42. The Kier molecular flexibility index (Phi) is 26.0. The smallest absolute Gasteiger partial charge is 0.394 e. The molecule has 32 heavy (non-hydrogen) atoms. The lowest BCUT2D eigenvalue weighted by Gasteiger charge is -2.14.